The van der Waals surface area contributed by atoms with E-state index in [0.717, 1.165) is 12.8 Å². The van der Waals surface area contributed by atoms with Crippen LogP contribution in [0, 0.1) is 0 Å². The van der Waals surface area contributed by atoms with Gasteiger partial charge in [0.1, 0.15) is 5.60 Å². The molecule has 0 aromatic rings. The topological polar surface area (TPSA) is 58.6 Å². The fraction of sp³-hybridized carbons (Fsp3) is 0.909. The molecule has 1 aliphatic carbocycles. The molecule has 0 bridgehead atoms. The maximum Gasteiger partial charge on any atom is 0.307 e. The van der Waals surface area contributed by atoms with Crippen molar-refractivity contribution in [2.45, 2.75) is 51.2 Å². The smallest absolute Gasteiger partial charge is 0.307 e. The van der Waals surface area contributed by atoms with Crippen LogP contribution in [-0.2, 0) is 9.53 Å². The predicted molar refractivity (Wildman–Crippen MR) is 57.5 cm³/mol. The minimum atomic E-state index is -0.411. The van der Waals surface area contributed by atoms with Crippen LogP contribution in [0.4, 0.5) is 0 Å². The van der Waals surface area contributed by atoms with Crippen molar-refractivity contribution in [1.82, 2.24) is 5.32 Å². The molecule has 0 radical (unpaired) electrons. The maximum absolute atomic E-state index is 11.3. The Bertz CT molecular complexity index is 228. The first-order valence-corrected chi connectivity index (χ1v) is 5.45. The zero-order chi connectivity index (χ0) is 11.5. The highest BCUT2D eigenvalue weighted by Crippen LogP contribution is 2.34. The zero-order valence-electron chi connectivity index (χ0n) is 9.80. The van der Waals surface area contributed by atoms with E-state index >= 15 is 0 Å². The number of carbonyl (C=O) groups is 1. The van der Waals surface area contributed by atoms with Crippen LogP contribution in [0.3, 0.4) is 0 Å². The number of ether oxygens (including phenoxy) is 1. The van der Waals surface area contributed by atoms with E-state index in [0.29, 0.717) is 13.0 Å². The van der Waals surface area contributed by atoms with Gasteiger partial charge in [-0.25, -0.2) is 0 Å². The Kier molecular flexibility index (Phi) is 3.73. The quantitative estimate of drug-likeness (QED) is 0.667. The van der Waals surface area contributed by atoms with Gasteiger partial charge in [-0.05, 0) is 33.6 Å². The van der Waals surface area contributed by atoms with Gasteiger partial charge < -0.3 is 15.2 Å². The average molecular weight is 215 g/mol. The Balaban J connectivity index is 2.12. The van der Waals surface area contributed by atoms with E-state index in [1.165, 1.54) is 0 Å². The fourth-order valence-corrected chi connectivity index (χ4v) is 1.36. The van der Waals surface area contributed by atoms with Crippen LogP contribution in [0.25, 0.3) is 0 Å². The van der Waals surface area contributed by atoms with Crippen molar-refractivity contribution in [3.05, 3.63) is 0 Å². The first kappa shape index (κ1) is 12.5. The molecular weight excluding hydrogens is 194 g/mol. The minimum Gasteiger partial charge on any atom is -0.460 e. The second-order valence-corrected chi connectivity index (χ2v) is 5.20. The lowest BCUT2D eigenvalue weighted by molar-refractivity contribution is -0.154. The molecule has 1 fully saturated rings. The fourth-order valence-electron chi connectivity index (χ4n) is 1.36. The molecule has 0 aliphatic heterocycles. The van der Waals surface area contributed by atoms with Gasteiger partial charge in [0.2, 0.25) is 0 Å². The summed E-state index contributed by atoms with van der Waals surface area (Å²) in [6.07, 6.45) is 2.36. The molecular formula is C11H21NO3. The van der Waals surface area contributed by atoms with Gasteiger partial charge in [0, 0.05) is 12.1 Å². The molecule has 0 spiro atoms. The SMILES string of the molecule is CC(C)(C)OC(=O)CCNC1(CO)CC1. The maximum atomic E-state index is 11.3. The van der Waals surface area contributed by atoms with Crippen molar-refractivity contribution in [1.29, 1.82) is 0 Å². The lowest BCUT2D eigenvalue weighted by atomic mass is 10.2. The van der Waals surface area contributed by atoms with Crippen molar-refractivity contribution in [3.8, 4) is 0 Å². The van der Waals surface area contributed by atoms with E-state index in [9.17, 15) is 4.79 Å². The van der Waals surface area contributed by atoms with E-state index in [-0.39, 0.29) is 18.1 Å². The van der Waals surface area contributed by atoms with Gasteiger partial charge in [-0.15, -0.1) is 0 Å². The third-order valence-electron chi connectivity index (χ3n) is 2.41. The summed E-state index contributed by atoms with van der Waals surface area (Å²) in [7, 11) is 0. The number of hydrogen-bond acceptors (Lipinski definition) is 4. The Morgan fingerprint density at radius 2 is 2.07 bits per heavy atom. The Morgan fingerprint density at radius 3 is 2.47 bits per heavy atom. The molecule has 1 saturated carbocycles. The molecule has 0 amide bonds. The summed E-state index contributed by atoms with van der Waals surface area (Å²) in [5.74, 6) is -0.191. The van der Waals surface area contributed by atoms with Crippen LogP contribution in [0.2, 0.25) is 0 Å². The average Bonchev–Trinajstić information content (AvgIpc) is 2.82. The predicted octanol–water partition coefficient (Wildman–Crippen LogP) is 0.833. The van der Waals surface area contributed by atoms with Crippen LogP contribution in [-0.4, -0.2) is 35.4 Å². The van der Waals surface area contributed by atoms with E-state index in [1.807, 2.05) is 20.8 Å². The van der Waals surface area contributed by atoms with Crippen LogP contribution in [0.15, 0.2) is 0 Å². The first-order valence-electron chi connectivity index (χ1n) is 5.45. The van der Waals surface area contributed by atoms with Crippen LogP contribution in [0.5, 0.6) is 0 Å². The Morgan fingerprint density at radius 1 is 1.47 bits per heavy atom. The van der Waals surface area contributed by atoms with E-state index in [1.54, 1.807) is 0 Å². The summed E-state index contributed by atoms with van der Waals surface area (Å²) in [4.78, 5) is 11.3. The van der Waals surface area contributed by atoms with Gasteiger partial charge in [-0.3, -0.25) is 4.79 Å². The van der Waals surface area contributed by atoms with E-state index in [2.05, 4.69) is 5.32 Å². The lowest BCUT2D eigenvalue weighted by Gasteiger charge is -2.20. The number of aliphatic hydroxyl groups is 1. The molecule has 0 aromatic carbocycles. The number of rotatable bonds is 5. The Hall–Kier alpha value is -0.610. The molecule has 4 nitrogen and oxygen atoms in total. The van der Waals surface area contributed by atoms with Gasteiger partial charge in [0.05, 0.1) is 13.0 Å². The molecule has 4 heteroatoms. The Labute approximate surface area is 91.0 Å². The van der Waals surface area contributed by atoms with Crippen molar-refractivity contribution in [2.75, 3.05) is 13.2 Å². The minimum absolute atomic E-state index is 0.0952. The lowest BCUT2D eigenvalue weighted by Crippen LogP contribution is -2.37. The summed E-state index contributed by atoms with van der Waals surface area (Å²) >= 11 is 0. The van der Waals surface area contributed by atoms with Crippen molar-refractivity contribution >= 4 is 5.97 Å². The van der Waals surface area contributed by atoms with Crippen molar-refractivity contribution < 1.29 is 14.6 Å². The van der Waals surface area contributed by atoms with Gasteiger partial charge in [-0.1, -0.05) is 0 Å². The number of nitrogens with one attached hydrogen (secondary N) is 1. The molecule has 0 atom stereocenters. The highest BCUT2D eigenvalue weighted by atomic mass is 16.6. The molecule has 88 valence electrons. The number of hydrogen-bond donors (Lipinski definition) is 2. The zero-order valence-corrected chi connectivity index (χ0v) is 9.80. The van der Waals surface area contributed by atoms with Gasteiger partial charge in [0.25, 0.3) is 0 Å². The van der Waals surface area contributed by atoms with Crippen molar-refractivity contribution in [2.24, 2.45) is 0 Å². The van der Waals surface area contributed by atoms with Gasteiger partial charge >= 0.3 is 5.97 Å². The number of aliphatic hydroxyl groups excluding tert-OH is 1. The molecule has 0 unspecified atom stereocenters. The van der Waals surface area contributed by atoms with E-state index in [4.69, 9.17) is 9.84 Å². The highest BCUT2D eigenvalue weighted by molar-refractivity contribution is 5.70. The summed E-state index contributed by atoms with van der Waals surface area (Å²) in [5, 5.41) is 12.2. The second kappa shape index (κ2) is 4.49. The third kappa shape index (κ3) is 4.62. The molecule has 1 rings (SSSR count). The monoisotopic (exact) mass is 215 g/mol. The second-order valence-electron chi connectivity index (χ2n) is 5.20. The molecule has 1 aliphatic rings. The summed E-state index contributed by atoms with van der Waals surface area (Å²) in [5.41, 5.74) is -0.507. The van der Waals surface area contributed by atoms with Gasteiger partial charge in [0.15, 0.2) is 0 Å². The number of esters is 1. The summed E-state index contributed by atoms with van der Waals surface area (Å²) < 4.78 is 5.17. The van der Waals surface area contributed by atoms with Crippen molar-refractivity contribution in [3.63, 3.8) is 0 Å². The van der Waals surface area contributed by atoms with Crippen LogP contribution >= 0.6 is 0 Å². The molecule has 2 N–H and O–H groups in total. The molecule has 15 heavy (non-hydrogen) atoms. The standard InChI is InChI=1S/C11H21NO3/c1-10(2,3)15-9(14)4-7-12-11(8-13)5-6-11/h12-13H,4-8H2,1-3H3. The van der Waals surface area contributed by atoms with Crippen LogP contribution in [0.1, 0.15) is 40.0 Å². The van der Waals surface area contributed by atoms with Gasteiger partial charge in [-0.2, -0.15) is 0 Å². The summed E-state index contributed by atoms with van der Waals surface area (Å²) in [6, 6.07) is 0. The van der Waals surface area contributed by atoms with Crippen LogP contribution < -0.4 is 5.32 Å². The first-order chi connectivity index (χ1) is 6.87. The molecule has 0 saturated heterocycles. The normalized spacial score (nSPS) is 18.7. The van der Waals surface area contributed by atoms with E-state index < -0.39 is 5.60 Å². The highest BCUT2D eigenvalue weighted by Gasteiger charge is 2.41. The summed E-state index contributed by atoms with van der Waals surface area (Å²) in [6.45, 7) is 6.30. The third-order valence-corrected chi connectivity index (χ3v) is 2.41. The number of carbonyl (C=O) groups excluding carboxylic acids is 1. The molecule has 0 heterocycles. The molecule has 0 aromatic heterocycles. The largest absolute Gasteiger partial charge is 0.460 e.